The molecule has 2 rings (SSSR count). The number of hydrogen-bond acceptors (Lipinski definition) is 6. The van der Waals surface area contributed by atoms with E-state index < -0.39 is 5.97 Å². The maximum absolute atomic E-state index is 11.9. The number of aromatic hydroxyl groups is 1. The molecule has 0 bridgehead atoms. The summed E-state index contributed by atoms with van der Waals surface area (Å²) in [4.78, 5) is 23.1. The van der Waals surface area contributed by atoms with E-state index in [1.807, 2.05) is 0 Å². The van der Waals surface area contributed by atoms with Gasteiger partial charge in [-0.3, -0.25) is 9.59 Å². The number of phenolic OH excluding ortho intramolecular Hbond substituents is 1. The Kier molecular flexibility index (Phi) is 5.07. The van der Waals surface area contributed by atoms with Gasteiger partial charge in [-0.1, -0.05) is 23.9 Å². The highest BCUT2D eigenvalue weighted by molar-refractivity contribution is 8.03. The molecule has 2 N–H and O–H groups in total. The fourth-order valence-electron chi connectivity index (χ4n) is 2.11. The molecule has 1 aromatic carbocycles. The minimum absolute atomic E-state index is 0.0135. The molecule has 0 fully saturated rings. The van der Waals surface area contributed by atoms with Gasteiger partial charge in [-0.25, -0.2) is 0 Å². The number of rotatable bonds is 4. The third-order valence-electron chi connectivity index (χ3n) is 3.21. The van der Waals surface area contributed by atoms with Gasteiger partial charge in [-0.05, 0) is 17.7 Å². The van der Waals surface area contributed by atoms with Crippen molar-refractivity contribution in [3.05, 3.63) is 40.4 Å². The lowest BCUT2D eigenvalue weighted by Crippen LogP contribution is -2.31. The van der Waals surface area contributed by atoms with Gasteiger partial charge in [0.05, 0.1) is 29.5 Å². The zero-order valence-corrected chi connectivity index (χ0v) is 12.6. The maximum Gasteiger partial charge on any atom is 0.316 e. The van der Waals surface area contributed by atoms with Gasteiger partial charge < -0.3 is 15.2 Å². The van der Waals surface area contributed by atoms with E-state index in [1.165, 1.54) is 19.2 Å². The summed E-state index contributed by atoms with van der Waals surface area (Å²) in [7, 11) is 1.28. The molecule has 1 aliphatic rings. The predicted molar refractivity (Wildman–Crippen MR) is 80.7 cm³/mol. The lowest BCUT2D eigenvalue weighted by atomic mass is 9.87. The molecule has 1 heterocycles. The highest BCUT2D eigenvalue weighted by Gasteiger charge is 2.29. The van der Waals surface area contributed by atoms with Crippen LogP contribution in [-0.2, 0) is 14.3 Å². The number of esters is 1. The number of hydrogen-bond donors (Lipinski definition) is 2. The molecule has 1 atom stereocenters. The number of allylic oxidation sites excluding steroid dienone is 1. The van der Waals surface area contributed by atoms with Crippen LogP contribution in [0.15, 0.2) is 34.9 Å². The smallest absolute Gasteiger partial charge is 0.316 e. The van der Waals surface area contributed by atoms with Crippen molar-refractivity contribution in [3.63, 3.8) is 0 Å². The summed E-state index contributed by atoms with van der Waals surface area (Å²) in [5.74, 6) is -0.911. The molecule has 0 spiro atoms. The summed E-state index contributed by atoms with van der Waals surface area (Å²) in [5.41, 5.74) is 1.17. The van der Waals surface area contributed by atoms with E-state index in [4.69, 9.17) is 0 Å². The number of nitrogens with zero attached hydrogens (tertiary/aromatic N) is 1. The summed E-state index contributed by atoms with van der Waals surface area (Å²) in [5, 5.41) is 21.8. The number of carbonyl (C=O) groups excluding carboxylic acids is 2. The number of benzene rings is 1. The van der Waals surface area contributed by atoms with Crippen LogP contribution in [-0.4, -0.2) is 29.8 Å². The van der Waals surface area contributed by atoms with Crippen LogP contribution in [0.2, 0.25) is 0 Å². The van der Waals surface area contributed by atoms with E-state index in [1.54, 1.807) is 12.1 Å². The molecule has 1 aliphatic heterocycles. The standard InChI is InChI=1S/C15H14N2O4S/c1-21-14(20)8-22-15-12(7-16)11(6-13(19)17-15)9-2-4-10(18)5-3-9/h2-5,11,18H,6,8H2,1H3,(H,17,19)/t11-/m0/s1. The Hall–Kier alpha value is -2.46. The average Bonchev–Trinajstić information content (AvgIpc) is 2.52. The van der Waals surface area contributed by atoms with Crippen LogP contribution in [0.1, 0.15) is 17.9 Å². The molecule has 0 unspecified atom stereocenters. The molecule has 0 saturated carbocycles. The Balaban J connectivity index is 2.32. The average molecular weight is 318 g/mol. The van der Waals surface area contributed by atoms with Gasteiger partial charge >= 0.3 is 5.97 Å². The van der Waals surface area contributed by atoms with Crippen molar-refractivity contribution >= 4 is 23.6 Å². The fourth-order valence-corrected chi connectivity index (χ4v) is 3.02. The van der Waals surface area contributed by atoms with Gasteiger partial charge in [-0.2, -0.15) is 5.26 Å². The van der Waals surface area contributed by atoms with Crippen LogP contribution in [0.25, 0.3) is 0 Å². The second kappa shape index (κ2) is 7.00. The zero-order valence-electron chi connectivity index (χ0n) is 11.8. The first-order chi connectivity index (χ1) is 10.5. The van der Waals surface area contributed by atoms with Crippen LogP contribution in [0.4, 0.5) is 0 Å². The van der Waals surface area contributed by atoms with Gasteiger partial charge in [0.1, 0.15) is 5.75 Å². The Morgan fingerprint density at radius 3 is 2.77 bits per heavy atom. The molecule has 1 aromatic rings. The molecule has 114 valence electrons. The van der Waals surface area contributed by atoms with Crippen molar-refractivity contribution in [1.29, 1.82) is 5.26 Å². The lowest BCUT2D eigenvalue weighted by molar-refractivity contribution is -0.137. The molecular weight excluding hydrogens is 304 g/mol. The van der Waals surface area contributed by atoms with E-state index in [0.29, 0.717) is 10.6 Å². The zero-order chi connectivity index (χ0) is 16.1. The number of phenols is 1. The molecule has 0 saturated heterocycles. The van der Waals surface area contributed by atoms with Gasteiger partial charge in [-0.15, -0.1) is 0 Å². The minimum atomic E-state index is -0.434. The molecule has 7 heteroatoms. The Bertz CT molecular complexity index is 661. The van der Waals surface area contributed by atoms with Crippen molar-refractivity contribution in [2.45, 2.75) is 12.3 Å². The molecule has 1 amide bonds. The van der Waals surface area contributed by atoms with E-state index in [9.17, 15) is 20.0 Å². The van der Waals surface area contributed by atoms with Crippen LogP contribution in [0.5, 0.6) is 5.75 Å². The largest absolute Gasteiger partial charge is 0.508 e. The van der Waals surface area contributed by atoms with Gasteiger partial charge in [0, 0.05) is 12.3 Å². The fraction of sp³-hybridized carbons (Fsp3) is 0.267. The topological polar surface area (TPSA) is 99.4 Å². The van der Waals surface area contributed by atoms with Crippen molar-refractivity contribution in [3.8, 4) is 11.8 Å². The number of thioether (sulfide) groups is 1. The second-order valence-corrected chi connectivity index (χ2v) is 5.60. The van der Waals surface area contributed by atoms with E-state index in [2.05, 4.69) is 16.1 Å². The molecule has 22 heavy (non-hydrogen) atoms. The van der Waals surface area contributed by atoms with Crippen LogP contribution >= 0.6 is 11.8 Å². The first kappa shape index (κ1) is 15.9. The maximum atomic E-state index is 11.9. The second-order valence-electron chi connectivity index (χ2n) is 4.62. The van der Waals surface area contributed by atoms with E-state index in [0.717, 1.165) is 17.3 Å². The quantitative estimate of drug-likeness (QED) is 0.819. The number of amides is 1. The third-order valence-corrected chi connectivity index (χ3v) is 4.20. The van der Waals surface area contributed by atoms with Gasteiger partial charge in [0.25, 0.3) is 0 Å². The minimum Gasteiger partial charge on any atom is -0.508 e. The van der Waals surface area contributed by atoms with Crippen molar-refractivity contribution in [1.82, 2.24) is 5.32 Å². The number of ether oxygens (including phenoxy) is 1. The monoisotopic (exact) mass is 318 g/mol. The summed E-state index contributed by atoms with van der Waals surface area (Å²) in [6.45, 7) is 0. The van der Waals surface area contributed by atoms with Gasteiger partial charge in [0.2, 0.25) is 5.91 Å². The van der Waals surface area contributed by atoms with Gasteiger partial charge in [0.15, 0.2) is 0 Å². The third kappa shape index (κ3) is 3.59. The summed E-state index contributed by atoms with van der Waals surface area (Å²) in [6.07, 6.45) is 0.149. The summed E-state index contributed by atoms with van der Waals surface area (Å²) in [6, 6.07) is 8.49. The molecule has 0 aliphatic carbocycles. The number of nitrogens with one attached hydrogen (secondary N) is 1. The molecule has 6 nitrogen and oxygen atoms in total. The summed E-state index contributed by atoms with van der Waals surface area (Å²) >= 11 is 1.07. The van der Waals surface area contributed by atoms with E-state index in [-0.39, 0.29) is 29.7 Å². The Morgan fingerprint density at radius 1 is 1.50 bits per heavy atom. The highest BCUT2D eigenvalue weighted by Crippen LogP contribution is 2.36. The van der Waals surface area contributed by atoms with Crippen molar-refractivity contribution < 1.29 is 19.4 Å². The molecular formula is C15H14N2O4S. The Morgan fingerprint density at radius 2 is 2.18 bits per heavy atom. The van der Waals surface area contributed by atoms with Crippen LogP contribution < -0.4 is 5.32 Å². The number of nitriles is 1. The normalized spacial score (nSPS) is 17.6. The van der Waals surface area contributed by atoms with Crippen molar-refractivity contribution in [2.75, 3.05) is 12.9 Å². The Labute approximate surface area is 131 Å². The first-order valence-electron chi connectivity index (χ1n) is 6.47. The van der Waals surface area contributed by atoms with Crippen LogP contribution in [0, 0.1) is 11.3 Å². The SMILES string of the molecule is COC(=O)CSC1=C(C#N)[C@H](c2ccc(O)cc2)CC(=O)N1. The molecule has 0 aromatic heterocycles. The number of carbonyl (C=O) groups is 2. The predicted octanol–water partition coefficient (Wildman–Crippen LogP) is 1.64. The van der Waals surface area contributed by atoms with Crippen molar-refractivity contribution in [2.24, 2.45) is 0 Å². The number of methoxy groups -OCH3 is 1. The van der Waals surface area contributed by atoms with Crippen LogP contribution in [0.3, 0.4) is 0 Å². The first-order valence-corrected chi connectivity index (χ1v) is 7.46. The lowest BCUT2D eigenvalue weighted by Gasteiger charge is -2.24. The summed E-state index contributed by atoms with van der Waals surface area (Å²) < 4.78 is 4.56. The van der Waals surface area contributed by atoms with E-state index >= 15 is 0 Å². The highest BCUT2D eigenvalue weighted by atomic mass is 32.2. The molecule has 0 radical (unpaired) electrons.